The highest BCUT2D eigenvalue weighted by Crippen LogP contribution is 2.32. The van der Waals surface area contributed by atoms with Crippen molar-refractivity contribution in [2.24, 2.45) is 0 Å². The summed E-state index contributed by atoms with van der Waals surface area (Å²) < 4.78 is 0. The number of benzene rings is 1. The number of hydrogen-bond acceptors (Lipinski definition) is 4. The molecule has 3 rings (SSSR count). The molecule has 1 aromatic carbocycles. The normalized spacial score (nSPS) is 21.9. The van der Waals surface area contributed by atoms with Crippen molar-refractivity contribution in [2.45, 2.75) is 58.0 Å². The van der Waals surface area contributed by atoms with Crippen molar-refractivity contribution >= 4 is 23.9 Å². The average molecular weight is 386 g/mol. The van der Waals surface area contributed by atoms with Crippen molar-refractivity contribution in [3.8, 4) is 0 Å². The number of aryl methyl sites for hydroxylation is 2. The lowest BCUT2D eigenvalue weighted by atomic mass is 9.89. The van der Waals surface area contributed by atoms with Gasteiger partial charge in [0.15, 0.2) is 0 Å². The smallest absolute Gasteiger partial charge is 0.325 e. The van der Waals surface area contributed by atoms with Gasteiger partial charge in [0.2, 0.25) is 5.91 Å². The van der Waals surface area contributed by atoms with Gasteiger partial charge >= 0.3 is 12.1 Å². The summed E-state index contributed by atoms with van der Waals surface area (Å²) in [5.74, 6) is -1.23. The van der Waals surface area contributed by atoms with E-state index in [9.17, 15) is 19.2 Å². The fraction of sp³-hybridized carbons (Fsp3) is 0.500. The van der Waals surface area contributed by atoms with Gasteiger partial charge in [-0.1, -0.05) is 25.1 Å². The van der Waals surface area contributed by atoms with Crippen LogP contribution in [0.15, 0.2) is 18.2 Å². The summed E-state index contributed by atoms with van der Waals surface area (Å²) in [5, 5.41) is 7.44. The lowest BCUT2D eigenvalue weighted by Gasteiger charge is -2.23. The van der Waals surface area contributed by atoms with E-state index in [0.29, 0.717) is 12.0 Å². The zero-order chi connectivity index (χ0) is 20.5. The average Bonchev–Trinajstić information content (AvgIpc) is 3.19. The van der Waals surface area contributed by atoms with Gasteiger partial charge in [0.1, 0.15) is 12.1 Å². The fourth-order valence-corrected chi connectivity index (χ4v) is 3.59. The van der Waals surface area contributed by atoms with E-state index in [0.717, 1.165) is 24.2 Å². The van der Waals surface area contributed by atoms with Crippen LogP contribution in [0.3, 0.4) is 0 Å². The Bertz CT molecular complexity index is 837. The monoisotopic (exact) mass is 386 g/mol. The summed E-state index contributed by atoms with van der Waals surface area (Å²) in [4.78, 5) is 50.1. The summed E-state index contributed by atoms with van der Waals surface area (Å²) in [7, 11) is 0. The van der Waals surface area contributed by atoms with Gasteiger partial charge in [0, 0.05) is 6.04 Å². The molecule has 1 heterocycles. The molecule has 0 unspecified atom stereocenters. The van der Waals surface area contributed by atoms with Crippen molar-refractivity contribution in [1.29, 1.82) is 0 Å². The molecule has 1 fully saturated rings. The van der Waals surface area contributed by atoms with E-state index >= 15 is 0 Å². The third-order valence-corrected chi connectivity index (χ3v) is 5.50. The number of urea groups is 2. The van der Waals surface area contributed by atoms with Crippen LogP contribution in [0.25, 0.3) is 0 Å². The molecular formula is C20H26N4O4. The third-order valence-electron chi connectivity index (χ3n) is 5.50. The van der Waals surface area contributed by atoms with Crippen molar-refractivity contribution < 1.29 is 19.2 Å². The molecule has 0 saturated carbocycles. The lowest BCUT2D eigenvalue weighted by molar-refractivity contribution is -0.134. The number of nitrogens with zero attached hydrogens (tertiary/aromatic N) is 1. The molecule has 8 nitrogen and oxygen atoms in total. The Morgan fingerprint density at radius 2 is 1.96 bits per heavy atom. The molecule has 28 heavy (non-hydrogen) atoms. The molecule has 0 bridgehead atoms. The predicted molar refractivity (Wildman–Crippen MR) is 102 cm³/mol. The Labute approximate surface area is 164 Å². The van der Waals surface area contributed by atoms with E-state index < -0.39 is 36.0 Å². The minimum atomic E-state index is -1.23. The molecule has 6 amide bonds. The zero-order valence-electron chi connectivity index (χ0n) is 16.4. The predicted octanol–water partition coefficient (Wildman–Crippen LogP) is 1.57. The second-order valence-corrected chi connectivity index (χ2v) is 7.61. The first-order valence-electron chi connectivity index (χ1n) is 9.61. The van der Waals surface area contributed by atoms with Crippen LogP contribution in [-0.2, 0) is 28.0 Å². The van der Waals surface area contributed by atoms with Gasteiger partial charge in [-0.15, -0.1) is 0 Å². The Morgan fingerprint density at radius 1 is 1.25 bits per heavy atom. The van der Waals surface area contributed by atoms with Crippen LogP contribution in [0.4, 0.5) is 9.59 Å². The summed E-state index contributed by atoms with van der Waals surface area (Å²) in [6.45, 7) is 4.83. The highest BCUT2D eigenvalue weighted by atomic mass is 16.2. The number of fused-ring (bicyclic) bond motifs is 1. The van der Waals surface area contributed by atoms with Crippen molar-refractivity contribution in [2.75, 3.05) is 6.54 Å². The molecule has 2 atom stereocenters. The molecule has 150 valence electrons. The maximum Gasteiger partial charge on any atom is 0.325 e. The second-order valence-electron chi connectivity index (χ2n) is 7.61. The van der Waals surface area contributed by atoms with Crippen molar-refractivity contribution in [1.82, 2.24) is 20.9 Å². The van der Waals surface area contributed by atoms with Gasteiger partial charge < -0.3 is 10.6 Å². The van der Waals surface area contributed by atoms with Crippen LogP contribution in [0.1, 0.15) is 50.3 Å². The molecular weight excluding hydrogens is 360 g/mol. The number of carbonyl (C=O) groups excluding carboxylic acids is 4. The Balaban J connectivity index is 1.69. The van der Waals surface area contributed by atoms with Gasteiger partial charge in [0.05, 0.1) is 0 Å². The SMILES string of the molecule is CC[C@@H](C)NC(=O)NC(=O)CN1C(=O)N[C@](C)(c2ccc3c(c2)CCC3)C1=O. The Morgan fingerprint density at radius 3 is 2.68 bits per heavy atom. The number of nitrogens with one attached hydrogen (secondary N) is 3. The van der Waals surface area contributed by atoms with Crippen LogP contribution in [0, 0.1) is 0 Å². The van der Waals surface area contributed by atoms with E-state index in [1.807, 2.05) is 32.0 Å². The van der Waals surface area contributed by atoms with Gasteiger partial charge in [-0.25, -0.2) is 9.59 Å². The number of amides is 6. The topological polar surface area (TPSA) is 108 Å². The van der Waals surface area contributed by atoms with Gasteiger partial charge in [-0.3, -0.25) is 19.8 Å². The Hall–Kier alpha value is -2.90. The van der Waals surface area contributed by atoms with Crippen molar-refractivity contribution in [3.05, 3.63) is 34.9 Å². The first-order valence-corrected chi connectivity index (χ1v) is 9.61. The highest BCUT2D eigenvalue weighted by Gasteiger charge is 2.49. The summed E-state index contributed by atoms with van der Waals surface area (Å²) in [6.07, 6.45) is 3.78. The molecule has 1 saturated heterocycles. The van der Waals surface area contributed by atoms with E-state index in [2.05, 4.69) is 16.0 Å². The number of carbonyl (C=O) groups is 4. The van der Waals surface area contributed by atoms with Crippen LogP contribution in [0.5, 0.6) is 0 Å². The van der Waals surface area contributed by atoms with Crippen LogP contribution >= 0.6 is 0 Å². The summed E-state index contributed by atoms with van der Waals surface area (Å²) in [5.41, 5.74) is 1.93. The van der Waals surface area contributed by atoms with Crippen LogP contribution in [-0.4, -0.2) is 41.4 Å². The molecule has 0 radical (unpaired) electrons. The maximum absolute atomic E-state index is 12.9. The van der Waals surface area contributed by atoms with Crippen molar-refractivity contribution in [3.63, 3.8) is 0 Å². The molecule has 3 N–H and O–H groups in total. The highest BCUT2D eigenvalue weighted by molar-refractivity contribution is 6.10. The molecule has 0 spiro atoms. The summed E-state index contributed by atoms with van der Waals surface area (Å²) >= 11 is 0. The van der Waals surface area contributed by atoms with Gasteiger partial charge in [0.25, 0.3) is 5.91 Å². The second kappa shape index (κ2) is 7.61. The van der Waals surface area contributed by atoms with E-state index in [4.69, 9.17) is 0 Å². The molecule has 2 aliphatic rings. The standard InChI is InChI=1S/C20H26N4O4/c1-4-12(2)21-18(27)22-16(25)11-24-17(26)20(3,23-19(24)28)15-9-8-13-6-5-7-14(13)10-15/h8-10,12H,4-7,11H2,1-3H3,(H,23,28)(H2,21,22,25,27)/t12-,20-/m1/s1. The number of imide groups is 2. The first-order chi connectivity index (χ1) is 13.2. The molecule has 1 aliphatic heterocycles. The van der Waals surface area contributed by atoms with Crippen LogP contribution < -0.4 is 16.0 Å². The minimum Gasteiger partial charge on any atom is -0.335 e. The summed E-state index contributed by atoms with van der Waals surface area (Å²) in [6, 6.07) is 4.43. The maximum atomic E-state index is 12.9. The van der Waals surface area contributed by atoms with Gasteiger partial charge in [-0.2, -0.15) is 0 Å². The minimum absolute atomic E-state index is 0.0902. The largest absolute Gasteiger partial charge is 0.335 e. The first kappa shape index (κ1) is 19.9. The van der Waals surface area contributed by atoms with Gasteiger partial charge in [-0.05, 0) is 56.2 Å². The van der Waals surface area contributed by atoms with Crippen LogP contribution in [0.2, 0.25) is 0 Å². The fourth-order valence-electron chi connectivity index (χ4n) is 3.59. The Kier molecular flexibility index (Phi) is 5.40. The van der Waals surface area contributed by atoms with E-state index in [1.165, 1.54) is 11.1 Å². The number of hydrogen-bond donors (Lipinski definition) is 3. The molecule has 8 heteroatoms. The molecule has 1 aliphatic carbocycles. The van der Waals surface area contributed by atoms with E-state index in [1.54, 1.807) is 6.92 Å². The lowest BCUT2D eigenvalue weighted by Crippen LogP contribution is -2.48. The third kappa shape index (κ3) is 3.72. The quantitative estimate of drug-likeness (QED) is 0.668. The number of rotatable bonds is 5. The molecule has 1 aromatic rings. The molecule has 0 aromatic heterocycles. The zero-order valence-corrected chi connectivity index (χ0v) is 16.4. The van der Waals surface area contributed by atoms with E-state index in [-0.39, 0.29) is 6.04 Å².